The van der Waals surface area contributed by atoms with Gasteiger partial charge >= 0.3 is 5.97 Å². The van der Waals surface area contributed by atoms with E-state index in [9.17, 15) is 4.79 Å². The molecule has 0 heterocycles. The molecular weight excluding hydrogens is 202 g/mol. The number of rotatable bonds is 4. The van der Waals surface area contributed by atoms with Crippen LogP contribution in [0, 0.1) is 5.92 Å². The molecule has 14 heavy (non-hydrogen) atoms. The first-order chi connectivity index (χ1) is 5.79. The summed E-state index contributed by atoms with van der Waals surface area (Å²) in [5.74, 6) is -0.292. The van der Waals surface area contributed by atoms with Gasteiger partial charge in [-0.05, 0) is 20.8 Å². The number of hydrogen-bond acceptors (Lipinski definition) is 3. The van der Waals surface area contributed by atoms with Gasteiger partial charge in [-0.15, -0.1) is 12.4 Å². The van der Waals surface area contributed by atoms with Crippen molar-refractivity contribution in [2.45, 2.75) is 39.3 Å². The van der Waals surface area contributed by atoms with Crippen LogP contribution >= 0.6 is 12.4 Å². The molecule has 0 fully saturated rings. The van der Waals surface area contributed by atoms with Crippen molar-refractivity contribution in [2.24, 2.45) is 11.7 Å². The molecule has 0 aromatic carbocycles. The highest BCUT2D eigenvalue weighted by Gasteiger charge is 2.27. The molecule has 3 nitrogen and oxygen atoms in total. The lowest BCUT2D eigenvalue weighted by atomic mass is 9.86. The zero-order valence-electron chi connectivity index (χ0n) is 9.24. The van der Waals surface area contributed by atoms with E-state index in [1.54, 1.807) is 0 Å². The number of esters is 1. The lowest BCUT2D eigenvalue weighted by molar-refractivity contribution is -0.145. The Bertz CT molecular complexity index is 199. The highest BCUT2D eigenvalue weighted by molar-refractivity contribution is 5.85. The second-order valence-electron chi connectivity index (χ2n) is 3.96. The second kappa shape index (κ2) is 6.04. The Labute approximate surface area is 92.1 Å². The van der Waals surface area contributed by atoms with E-state index in [1.807, 2.05) is 27.7 Å². The van der Waals surface area contributed by atoms with E-state index in [4.69, 9.17) is 10.5 Å². The summed E-state index contributed by atoms with van der Waals surface area (Å²) in [6.07, 6.45) is 0.970. The fourth-order valence-corrected chi connectivity index (χ4v) is 0.938. The molecule has 0 aliphatic carbocycles. The van der Waals surface area contributed by atoms with Crippen LogP contribution in [0.3, 0.4) is 0 Å². The van der Waals surface area contributed by atoms with Crippen LogP contribution in [0.15, 0.2) is 12.7 Å². The fourth-order valence-electron chi connectivity index (χ4n) is 0.938. The normalized spacial score (nSPS) is 14.9. The fraction of sp³-hybridized carbons (Fsp3) is 0.700. The summed E-state index contributed by atoms with van der Waals surface area (Å²) >= 11 is 0. The molecule has 4 heteroatoms. The Morgan fingerprint density at radius 2 is 1.93 bits per heavy atom. The summed E-state index contributed by atoms with van der Waals surface area (Å²) < 4.78 is 5.05. The molecule has 0 aromatic heterocycles. The molecule has 0 aliphatic heterocycles. The minimum Gasteiger partial charge on any atom is -0.459 e. The van der Waals surface area contributed by atoms with Gasteiger partial charge in [-0.2, -0.15) is 0 Å². The van der Waals surface area contributed by atoms with Crippen molar-refractivity contribution in [1.82, 2.24) is 0 Å². The van der Waals surface area contributed by atoms with E-state index < -0.39 is 5.97 Å². The minimum atomic E-state index is -0.399. The minimum absolute atomic E-state index is 0. The topological polar surface area (TPSA) is 52.3 Å². The van der Waals surface area contributed by atoms with Gasteiger partial charge < -0.3 is 10.5 Å². The van der Waals surface area contributed by atoms with E-state index in [1.165, 1.54) is 0 Å². The number of carbonyl (C=O) groups is 1. The monoisotopic (exact) mass is 221 g/mol. The third-order valence-corrected chi connectivity index (χ3v) is 2.35. The molecule has 0 spiro atoms. The van der Waals surface area contributed by atoms with Gasteiger partial charge in [0.15, 0.2) is 0 Å². The van der Waals surface area contributed by atoms with Crippen molar-refractivity contribution < 1.29 is 9.53 Å². The molecule has 0 aromatic rings. The molecule has 0 radical (unpaired) electrons. The second-order valence-corrected chi connectivity index (χ2v) is 3.96. The number of carbonyl (C=O) groups excluding carboxylic acids is 1. The number of hydrogen-bond donors (Lipinski definition) is 1. The van der Waals surface area contributed by atoms with E-state index in [-0.39, 0.29) is 30.0 Å². The Hall–Kier alpha value is -0.540. The van der Waals surface area contributed by atoms with Crippen molar-refractivity contribution in [1.29, 1.82) is 0 Å². The third-order valence-electron chi connectivity index (χ3n) is 2.35. The van der Waals surface area contributed by atoms with Crippen molar-refractivity contribution in [3.63, 3.8) is 0 Å². The molecule has 0 saturated heterocycles. The molecule has 0 saturated carbocycles. The van der Waals surface area contributed by atoms with Gasteiger partial charge in [0, 0.05) is 17.5 Å². The van der Waals surface area contributed by atoms with Crippen LogP contribution in [0.5, 0.6) is 0 Å². The molecule has 0 aliphatic rings. The number of nitrogens with two attached hydrogens (primary N) is 1. The van der Waals surface area contributed by atoms with Gasteiger partial charge in [0.2, 0.25) is 0 Å². The predicted octanol–water partition coefficient (Wildman–Crippen LogP) is 1.90. The SMILES string of the molecule is C=CC(=O)OC(C)C(C)C(C)(C)N.Cl. The Morgan fingerprint density at radius 3 is 2.21 bits per heavy atom. The van der Waals surface area contributed by atoms with Crippen molar-refractivity contribution in [3.05, 3.63) is 12.7 Å². The van der Waals surface area contributed by atoms with Crippen LogP contribution in [0.2, 0.25) is 0 Å². The van der Waals surface area contributed by atoms with E-state index in [2.05, 4.69) is 6.58 Å². The van der Waals surface area contributed by atoms with Crippen molar-refractivity contribution in [2.75, 3.05) is 0 Å². The van der Waals surface area contributed by atoms with Gasteiger partial charge in [-0.3, -0.25) is 0 Å². The molecule has 0 amide bonds. The maximum atomic E-state index is 10.9. The van der Waals surface area contributed by atoms with E-state index >= 15 is 0 Å². The Balaban J connectivity index is 0. The van der Waals surface area contributed by atoms with Crippen molar-refractivity contribution >= 4 is 18.4 Å². The molecule has 2 atom stereocenters. The number of halogens is 1. The molecule has 2 N–H and O–H groups in total. The summed E-state index contributed by atoms with van der Waals surface area (Å²) in [5.41, 5.74) is 5.53. The average molecular weight is 222 g/mol. The third kappa shape index (κ3) is 5.25. The first kappa shape index (κ1) is 15.9. The first-order valence-corrected chi connectivity index (χ1v) is 4.41. The van der Waals surface area contributed by atoms with Gasteiger partial charge in [0.05, 0.1) is 0 Å². The summed E-state index contributed by atoms with van der Waals surface area (Å²) in [6, 6.07) is 0. The summed E-state index contributed by atoms with van der Waals surface area (Å²) in [5, 5.41) is 0. The molecule has 0 bridgehead atoms. The largest absolute Gasteiger partial charge is 0.459 e. The maximum absolute atomic E-state index is 10.9. The maximum Gasteiger partial charge on any atom is 0.330 e. The zero-order chi connectivity index (χ0) is 10.6. The van der Waals surface area contributed by atoms with Gasteiger partial charge in [0.25, 0.3) is 0 Å². The van der Waals surface area contributed by atoms with Gasteiger partial charge in [-0.25, -0.2) is 4.79 Å². The summed E-state index contributed by atoms with van der Waals surface area (Å²) in [6.45, 7) is 10.9. The lowest BCUT2D eigenvalue weighted by Crippen LogP contribution is -2.45. The van der Waals surface area contributed by atoms with Crippen LogP contribution in [0.25, 0.3) is 0 Å². The predicted molar refractivity (Wildman–Crippen MR) is 60.4 cm³/mol. The standard InChI is InChI=1S/C10H19NO2.ClH/c1-6-9(12)13-8(3)7(2)10(4,5)11;/h6-8H,1,11H2,2-5H3;1H. The highest BCUT2D eigenvalue weighted by Crippen LogP contribution is 2.19. The van der Waals surface area contributed by atoms with Gasteiger partial charge in [0.1, 0.15) is 6.10 Å². The molecule has 0 rings (SSSR count). The summed E-state index contributed by atoms with van der Waals surface area (Å²) in [7, 11) is 0. The molecule has 84 valence electrons. The smallest absolute Gasteiger partial charge is 0.330 e. The van der Waals surface area contributed by atoms with Crippen LogP contribution in [-0.2, 0) is 9.53 Å². The quantitative estimate of drug-likeness (QED) is 0.583. The van der Waals surface area contributed by atoms with E-state index in [0.29, 0.717) is 0 Å². The van der Waals surface area contributed by atoms with Crippen LogP contribution in [0.1, 0.15) is 27.7 Å². The lowest BCUT2D eigenvalue weighted by Gasteiger charge is -2.31. The Morgan fingerprint density at radius 1 is 1.50 bits per heavy atom. The van der Waals surface area contributed by atoms with E-state index in [0.717, 1.165) is 6.08 Å². The summed E-state index contributed by atoms with van der Waals surface area (Å²) in [4.78, 5) is 10.9. The highest BCUT2D eigenvalue weighted by atomic mass is 35.5. The first-order valence-electron chi connectivity index (χ1n) is 4.41. The van der Waals surface area contributed by atoms with Crippen LogP contribution in [0.4, 0.5) is 0 Å². The zero-order valence-corrected chi connectivity index (χ0v) is 10.1. The average Bonchev–Trinajstić information content (AvgIpc) is 2.01. The van der Waals surface area contributed by atoms with Gasteiger partial charge in [-0.1, -0.05) is 13.5 Å². The molecular formula is C10H20ClNO2. The number of ether oxygens (including phenoxy) is 1. The van der Waals surface area contributed by atoms with Crippen molar-refractivity contribution in [3.8, 4) is 0 Å². The Kier molecular flexibility index (Phi) is 6.86. The van der Waals surface area contributed by atoms with Crippen LogP contribution < -0.4 is 5.73 Å². The molecule has 2 unspecified atom stereocenters. The van der Waals surface area contributed by atoms with Crippen LogP contribution in [-0.4, -0.2) is 17.6 Å².